The van der Waals surface area contributed by atoms with E-state index in [1.54, 1.807) is 38.1 Å². The van der Waals surface area contributed by atoms with Crippen molar-refractivity contribution in [2.24, 2.45) is 0 Å². The van der Waals surface area contributed by atoms with Gasteiger partial charge in [0.05, 0.1) is 31.4 Å². The minimum atomic E-state index is -0.144. The smallest absolute Gasteiger partial charge is 0.261 e. The molecule has 8 heteroatoms. The molecule has 1 unspecified atom stereocenters. The molecule has 1 aliphatic heterocycles. The molecule has 0 saturated carbocycles. The summed E-state index contributed by atoms with van der Waals surface area (Å²) in [7, 11) is 3.24. The summed E-state index contributed by atoms with van der Waals surface area (Å²) in [4.78, 5) is 31.9. The van der Waals surface area contributed by atoms with Gasteiger partial charge < -0.3 is 14.4 Å². The number of para-hydroxylation sites is 1. The fourth-order valence-corrected chi connectivity index (χ4v) is 4.93. The van der Waals surface area contributed by atoms with Gasteiger partial charge in [0.25, 0.3) is 5.56 Å². The maximum Gasteiger partial charge on any atom is 0.261 e. The highest BCUT2D eigenvalue weighted by atomic mass is 32.2. The number of aromatic nitrogens is 2. The van der Waals surface area contributed by atoms with Crippen LogP contribution in [-0.4, -0.2) is 46.9 Å². The summed E-state index contributed by atoms with van der Waals surface area (Å²) in [6.07, 6.45) is 1.74. The van der Waals surface area contributed by atoms with E-state index >= 15 is 0 Å². The third-order valence-electron chi connectivity index (χ3n) is 5.21. The highest BCUT2D eigenvalue weighted by molar-refractivity contribution is 7.99. The van der Waals surface area contributed by atoms with E-state index in [0.29, 0.717) is 24.0 Å². The Hall–Kier alpha value is -3.00. The molecule has 1 amide bonds. The van der Waals surface area contributed by atoms with E-state index in [1.807, 2.05) is 35.2 Å². The normalized spacial score (nSPS) is 16.1. The summed E-state index contributed by atoms with van der Waals surface area (Å²) >= 11 is 1.70. The van der Waals surface area contributed by atoms with Crippen LogP contribution >= 0.6 is 11.8 Å². The number of amides is 1. The zero-order valence-electron chi connectivity index (χ0n) is 16.9. The number of nitrogens with zero attached hydrogens (tertiary/aromatic N) is 3. The van der Waals surface area contributed by atoms with E-state index in [0.717, 1.165) is 22.8 Å². The van der Waals surface area contributed by atoms with Crippen LogP contribution < -0.4 is 15.0 Å². The van der Waals surface area contributed by atoms with E-state index in [2.05, 4.69) is 4.98 Å². The van der Waals surface area contributed by atoms with E-state index in [9.17, 15) is 9.59 Å². The van der Waals surface area contributed by atoms with Crippen LogP contribution in [0.3, 0.4) is 0 Å². The molecule has 1 aromatic heterocycles. The molecule has 0 N–H and O–H groups in total. The van der Waals surface area contributed by atoms with Gasteiger partial charge in [0, 0.05) is 30.8 Å². The van der Waals surface area contributed by atoms with Crippen molar-refractivity contribution in [3.05, 3.63) is 64.7 Å². The zero-order valence-corrected chi connectivity index (χ0v) is 17.7. The predicted molar refractivity (Wildman–Crippen MR) is 117 cm³/mol. The maximum atomic E-state index is 13.0. The van der Waals surface area contributed by atoms with Crippen molar-refractivity contribution in [1.29, 1.82) is 0 Å². The molecule has 7 nitrogen and oxygen atoms in total. The Labute approximate surface area is 178 Å². The van der Waals surface area contributed by atoms with Gasteiger partial charge in [0.2, 0.25) is 5.91 Å². The number of methoxy groups -OCH3 is 2. The molecule has 1 atom stereocenters. The van der Waals surface area contributed by atoms with E-state index < -0.39 is 0 Å². The molecule has 0 bridgehead atoms. The fraction of sp³-hybridized carbons (Fsp3) is 0.318. The van der Waals surface area contributed by atoms with E-state index in [-0.39, 0.29) is 23.3 Å². The fourth-order valence-electron chi connectivity index (χ4n) is 3.64. The average molecular weight is 426 g/mol. The van der Waals surface area contributed by atoms with Crippen LogP contribution in [0.4, 0.5) is 0 Å². The summed E-state index contributed by atoms with van der Waals surface area (Å²) in [5.74, 6) is 2.28. The van der Waals surface area contributed by atoms with Gasteiger partial charge in [-0.1, -0.05) is 12.1 Å². The molecule has 1 saturated heterocycles. The van der Waals surface area contributed by atoms with Crippen molar-refractivity contribution < 1.29 is 14.3 Å². The van der Waals surface area contributed by atoms with Crippen molar-refractivity contribution in [3.8, 4) is 11.5 Å². The number of hydrogen-bond donors (Lipinski definition) is 0. The van der Waals surface area contributed by atoms with Gasteiger partial charge in [-0.3, -0.25) is 14.2 Å². The lowest BCUT2D eigenvalue weighted by Crippen LogP contribution is -2.32. The van der Waals surface area contributed by atoms with Crippen LogP contribution in [0.2, 0.25) is 0 Å². The van der Waals surface area contributed by atoms with Gasteiger partial charge in [0.15, 0.2) is 0 Å². The summed E-state index contributed by atoms with van der Waals surface area (Å²) < 4.78 is 12.4. The van der Waals surface area contributed by atoms with Gasteiger partial charge in [-0.25, -0.2) is 4.98 Å². The van der Waals surface area contributed by atoms with Crippen LogP contribution in [0.5, 0.6) is 11.5 Å². The summed E-state index contributed by atoms with van der Waals surface area (Å²) in [5, 5.41) is 0.414. The number of rotatable bonds is 6. The first kappa shape index (κ1) is 20.3. The second-order valence-corrected chi connectivity index (χ2v) is 8.12. The lowest BCUT2D eigenvalue weighted by molar-refractivity contribution is -0.131. The molecule has 1 aliphatic rings. The lowest BCUT2D eigenvalue weighted by Gasteiger charge is -2.26. The minimum absolute atomic E-state index is 0.00469. The largest absolute Gasteiger partial charge is 0.497 e. The molecule has 30 heavy (non-hydrogen) atoms. The van der Waals surface area contributed by atoms with Crippen molar-refractivity contribution >= 4 is 28.6 Å². The first-order valence-corrected chi connectivity index (χ1v) is 10.7. The number of carbonyl (C=O) groups excluding carboxylic acids is 1. The summed E-state index contributed by atoms with van der Waals surface area (Å²) in [6.45, 7) is 0.942. The Bertz CT molecular complexity index is 1130. The van der Waals surface area contributed by atoms with Crippen molar-refractivity contribution in [1.82, 2.24) is 14.5 Å². The van der Waals surface area contributed by atoms with Crippen molar-refractivity contribution in [3.63, 3.8) is 0 Å². The monoisotopic (exact) mass is 425 g/mol. The molecule has 0 radical (unpaired) electrons. The number of thioether (sulfide) groups is 1. The molecular weight excluding hydrogens is 402 g/mol. The van der Waals surface area contributed by atoms with Gasteiger partial charge in [-0.05, 0) is 30.3 Å². The quantitative estimate of drug-likeness (QED) is 0.604. The lowest BCUT2D eigenvalue weighted by atomic mass is 10.1. The standard InChI is InChI=1S/C22H23N3O4S/c1-28-15-7-8-19(29-2)17(13-15)22-25(11-12-30-22)20(26)9-10-24-14-23-18-6-4-3-5-16(18)21(24)27/h3-8,13-14,22H,9-12H2,1-2H3. The summed E-state index contributed by atoms with van der Waals surface area (Å²) in [6, 6.07) is 12.8. The van der Waals surface area contributed by atoms with Crippen molar-refractivity contribution in [2.75, 3.05) is 26.5 Å². The maximum absolute atomic E-state index is 13.0. The third kappa shape index (κ3) is 3.87. The minimum Gasteiger partial charge on any atom is -0.497 e. The molecule has 0 spiro atoms. The van der Waals surface area contributed by atoms with Crippen LogP contribution in [0, 0.1) is 0 Å². The predicted octanol–water partition coefficient (Wildman–Crippen LogP) is 3.08. The summed E-state index contributed by atoms with van der Waals surface area (Å²) in [5.41, 5.74) is 1.44. The Kier molecular flexibility index (Phi) is 5.94. The molecule has 2 aromatic carbocycles. The van der Waals surface area contributed by atoms with Crippen LogP contribution in [0.1, 0.15) is 17.4 Å². The number of carbonyl (C=O) groups is 1. The Morgan fingerprint density at radius 1 is 1.20 bits per heavy atom. The Balaban J connectivity index is 1.52. The first-order valence-electron chi connectivity index (χ1n) is 9.69. The molecule has 1 fully saturated rings. The molecule has 0 aliphatic carbocycles. The molecule has 3 aromatic rings. The van der Waals surface area contributed by atoms with Gasteiger partial charge in [-0.15, -0.1) is 11.8 Å². The SMILES string of the molecule is COc1ccc(OC)c(C2SCCN2C(=O)CCn2cnc3ccccc3c2=O)c1. The topological polar surface area (TPSA) is 73.7 Å². The van der Waals surface area contributed by atoms with Gasteiger partial charge >= 0.3 is 0 Å². The molecule has 4 rings (SSSR count). The Morgan fingerprint density at radius 2 is 2.03 bits per heavy atom. The molecule has 156 valence electrons. The average Bonchev–Trinajstić information content (AvgIpc) is 3.28. The number of fused-ring (bicyclic) bond motifs is 1. The third-order valence-corrected chi connectivity index (χ3v) is 6.45. The number of aryl methyl sites for hydroxylation is 1. The van der Waals surface area contributed by atoms with Gasteiger partial charge in [0.1, 0.15) is 16.9 Å². The Morgan fingerprint density at radius 3 is 2.83 bits per heavy atom. The zero-order chi connectivity index (χ0) is 21.1. The van der Waals surface area contributed by atoms with E-state index in [1.165, 1.54) is 10.9 Å². The van der Waals surface area contributed by atoms with Crippen LogP contribution in [0.15, 0.2) is 53.6 Å². The number of hydrogen-bond acceptors (Lipinski definition) is 6. The first-order chi connectivity index (χ1) is 14.6. The van der Waals surface area contributed by atoms with Crippen LogP contribution in [0.25, 0.3) is 10.9 Å². The number of benzene rings is 2. The highest BCUT2D eigenvalue weighted by Crippen LogP contribution is 2.43. The second-order valence-electron chi connectivity index (χ2n) is 6.93. The van der Waals surface area contributed by atoms with Crippen molar-refractivity contribution in [2.45, 2.75) is 18.3 Å². The highest BCUT2D eigenvalue weighted by Gasteiger charge is 2.32. The van der Waals surface area contributed by atoms with Crippen LogP contribution in [-0.2, 0) is 11.3 Å². The molecular formula is C22H23N3O4S. The molecule has 2 heterocycles. The number of ether oxygens (including phenoxy) is 2. The van der Waals surface area contributed by atoms with E-state index in [4.69, 9.17) is 9.47 Å². The second kappa shape index (κ2) is 8.79. The van der Waals surface area contributed by atoms with Gasteiger partial charge in [-0.2, -0.15) is 0 Å².